The monoisotopic (exact) mass is 530 g/mol. The summed E-state index contributed by atoms with van der Waals surface area (Å²) >= 11 is 4.71. The number of carbonyl (C=O) groups excluding carboxylic acids is 2. The van der Waals surface area contributed by atoms with Crippen LogP contribution in [-0.2, 0) is 32.1 Å². The number of rotatable bonds is 3. The first kappa shape index (κ1) is 41.2. The molecule has 2 heterocycles. The summed E-state index contributed by atoms with van der Waals surface area (Å²) in [5, 5.41) is 20.8. The molecule has 0 unspecified atom stereocenters. The number of nitrogen functional groups attached to an aromatic ring is 1. The van der Waals surface area contributed by atoms with Gasteiger partial charge in [0.25, 0.3) is 0 Å². The van der Waals surface area contributed by atoms with Crippen molar-refractivity contribution in [3.05, 3.63) is 72.8 Å². The van der Waals surface area contributed by atoms with Gasteiger partial charge in [-0.15, -0.1) is 0 Å². The van der Waals surface area contributed by atoms with E-state index >= 15 is 0 Å². The minimum Gasteiger partial charge on any atom is -0.870 e. The van der Waals surface area contributed by atoms with E-state index < -0.39 is 19.5 Å². The van der Waals surface area contributed by atoms with Crippen LogP contribution in [0.4, 0.5) is 11.4 Å². The standard InChI is InChI=1S/C10H10BNO3.C7H8BNO2.C3H3ClO.3CH4.Na.H2O/c1-2-10(13)12-8-4-3-7-6-15-11(14)9(7)5-8;9-6-2-1-5-4-11-8(10)7(5)3-6;1-2-3(4)5;;;;;/h2-5,14H,1,6H2,(H,12,13);1-3,10H,4,9H2;2H,1H2;3*1H4;;1H2/q;;;;;;+1;/p-1. The summed E-state index contributed by atoms with van der Waals surface area (Å²) in [5.74, 6) is -0.275. The van der Waals surface area contributed by atoms with E-state index in [1.807, 2.05) is 12.1 Å². The molecule has 2 aliphatic rings. The Hall–Kier alpha value is -1.92. The predicted octanol–water partition coefficient (Wildman–Crippen LogP) is -0.811. The van der Waals surface area contributed by atoms with Gasteiger partial charge in [0, 0.05) is 11.4 Å². The zero-order valence-electron chi connectivity index (χ0n) is 18.0. The van der Waals surface area contributed by atoms with Crippen LogP contribution in [0.3, 0.4) is 0 Å². The minimum absolute atomic E-state index is 0. The maximum Gasteiger partial charge on any atom is 1.00 e. The van der Waals surface area contributed by atoms with E-state index in [4.69, 9.17) is 26.6 Å². The van der Waals surface area contributed by atoms with Crippen LogP contribution in [-0.4, -0.2) is 40.9 Å². The molecule has 0 fully saturated rings. The first-order valence-electron chi connectivity index (χ1n) is 9.11. The Balaban J connectivity index is -0.000000219. The molecule has 0 radical (unpaired) electrons. The fourth-order valence-electron chi connectivity index (χ4n) is 2.72. The number of halogens is 1. The van der Waals surface area contributed by atoms with Crippen LogP contribution in [0.5, 0.6) is 0 Å². The van der Waals surface area contributed by atoms with Gasteiger partial charge in [-0.25, -0.2) is 0 Å². The Morgan fingerprint density at radius 2 is 1.39 bits per heavy atom. The third-order valence-electron chi connectivity index (χ3n) is 4.25. The Morgan fingerprint density at radius 3 is 1.83 bits per heavy atom. The van der Waals surface area contributed by atoms with Crippen molar-refractivity contribution in [1.82, 2.24) is 0 Å². The second kappa shape index (κ2) is 20.2. The van der Waals surface area contributed by atoms with Gasteiger partial charge in [-0.05, 0) is 70.1 Å². The van der Waals surface area contributed by atoms with Crippen LogP contribution >= 0.6 is 11.6 Å². The van der Waals surface area contributed by atoms with Crippen molar-refractivity contribution in [3.63, 3.8) is 0 Å². The molecular formula is C23H34B2ClN2NaO7. The van der Waals surface area contributed by atoms with Gasteiger partial charge in [0.15, 0.2) is 0 Å². The minimum atomic E-state index is -0.888. The number of hydrogen-bond donors (Lipinski definition) is 4. The first-order valence-corrected chi connectivity index (χ1v) is 9.48. The van der Waals surface area contributed by atoms with Crippen molar-refractivity contribution < 1.29 is 64.0 Å². The zero-order chi connectivity index (χ0) is 23.0. The topological polar surface area (TPSA) is 161 Å². The summed E-state index contributed by atoms with van der Waals surface area (Å²) in [6.07, 6.45) is 2.24. The fourth-order valence-corrected chi connectivity index (χ4v) is 2.72. The van der Waals surface area contributed by atoms with Crippen molar-refractivity contribution in [2.45, 2.75) is 35.5 Å². The molecule has 13 heteroatoms. The Bertz CT molecular complexity index is 999. The summed E-state index contributed by atoms with van der Waals surface area (Å²) in [6.45, 7) is 7.33. The van der Waals surface area contributed by atoms with E-state index in [0.717, 1.165) is 22.7 Å². The van der Waals surface area contributed by atoms with Crippen molar-refractivity contribution >= 4 is 59.3 Å². The van der Waals surface area contributed by atoms with Crippen LogP contribution in [0, 0.1) is 0 Å². The van der Waals surface area contributed by atoms with Crippen LogP contribution < -0.4 is 51.5 Å². The van der Waals surface area contributed by atoms with E-state index in [1.54, 1.807) is 24.3 Å². The molecule has 0 saturated heterocycles. The molecule has 0 bridgehead atoms. The Labute approximate surface area is 241 Å². The van der Waals surface area contributed by atoms with Gasteiger partial charge in [-0.1, -0.05) is 47.6 Å². The maximum atomic E-state index is 11.0. The fraction of sp³-hybridized carbons (Fsp3) is 0.217. The largest absolute Gasteiger partial charge is 1.00 e. The molecule has 4 rings (SSSR count). The van der Waals surface area contributed by atoms with Crippen LogP contribution in [0.15, 0.2) is 61.7 Å². The summed E-state index contributed by atoms with van der Waals surface area (Å²) < 4.78 is 10.0. The summed E-state index contributed by atoms with van der Waals surface area (Å²) in [5.41, 5.74) is 10.3. The molecule has 0 spiro atoms. The number of hydrogen-bond acceptors (Lipinski definition) is 8. The Morgan fingerprint density at radius 1 is 0.944 bits per heavy atom. The first-order chi connectivity index (χ1) is 14.7. The number of benzene rings is 2. The average Bonchev–Trinajstić information content (AvgIpc) is 3.31. The second-order valence-electron chi connectivity index (χ2n) is 6.40. The molecule has 0 saturated carbocycles. The quantitative estimate of drug-likeness (QED) is 0.173. The van der Waals surface area contributed by atoms with Gasteiger partial charge in [0.2, 0.25) is 11.1 Å². The SMILES string of the molecule is C.C.C.C=CC(=O)Cl.C=CC(=O)Nc1ccc2c(c1)B(O)OC2.Nc1ccc2c(c1)B(O)OC2.[Na+].[OH-]. The molecule has 0 atom stereocenters. The Kier molecular flexibility index (Phi) is 23.1. The second-order valence-corrected chi connectivity index (χ2v) is 6.77. The molecule has 0 aliphatic carbocycles. The van der Waals surface area contributed by atoms with Crippen molar-refractivity contribution in [1.29, 1.82) is 0 Å². The zero-order valence-corrected chi connectivity index (χ0v) is 20.8. The van der Waals surface area contributed by atoms with E-state index in [-0.39, 0.29) is 63.2 Å². The third-order valence-corrected chi connectivity index (χ3v) is 4.41. The molecular weight excluding hydrogens is 496 g/mol. The number of nitrogens with two attached hydrogens (primary N) is 1. The smallest absolute Gasteiger partial charge is 0.870 e. The molecule has 192 valence electrons. The van der Waals surface area contributed by atoms with E-state index in [1.165, 1.54) is 6.08 Å². The number of amides is 1. The van der Waals surface area contributed by atoms with Gasteiger partial charge in [-0.3, -0.25) is 9.59 Å². The number of fused-ring (bicyclic) bond motifs is 2. The van der Waals surface area contributed by atoms with Gasteiger partial charge in [0.05, 0.1) is 13.2 Å². The van der Waals surface area contributed by atoms with Gasteiger partial charge < -0.3 is 35.9 Å². The van der Waals surface area contributed by atoms with E-state index in [9.17, 15) is 19.6 Å². The van der Waals surface area contributed by atoms with Crippen LogP contribution in [0.1, 0.15) is 33.4 Å². The van der Waals surface area contributed by atoms with E-state index in [2.05, 4.69) is 18.5 Å². The van der Waals surface area contributed by atoms with Crippen LogP contribution in [0.25, 0.3) is 0 Å². The van der Waals surface area contributed by atoms with Gasteiger partial charge >= 0.3 is 43.8 Å². The third kappa shape index (κ3) is 12.4. The molecule has 2 aromatic rings. The molecule has 36 heavy (non-hydrogen) atoms. The molecule has 2 aromatic carbocycles. The molecule has 6 N–H and O–H groups in total. The van der Waals surface area contributed by atoms with Crippen LogP contribution in [0.2, 0.25) is 0 Å². The molecule has 0 aromatic heterocycles. The number of nitrogens with one attached hydrogen (secondary N) is 1. The molecule has 9 nitrogen and oxygen atoms in total. The van der Waals surface area contributed by atoms with Crippen molar-refractivity contribution in [2.24, 2.45) is 0 Å². The van der Waals surface area contributed by atoms with Crippen molar-refractivity contribution in [3.8, 4) is 0 Å². The van der Waals surface area contributed by atoms with Gasteiger partial charge in [0.1, 0.15) is 0 Å². The average molecular weight is 531 g/mol. The number of allylic oxidation sites excluding steroid dienone is 1. The van der Waals surface area contributed by atoms with E-state index in [0.29, 0.717) is 30.1 Å². The number of carbonyl (C=O) groups is 2. The summed E-state index contributed by atoms with van der Waals surface area (Å²) in [4.78, 5) is 20.5. The van der Waals surface area contributed by atoms with Gasteiger partial charge in [-0.2, -0.15) is 0 Å². The number of anilines is 2. The maximum absolute atomic E-state index is 11.0. The van der Waals surface area contributed by atoms with Crippen molar-refractivity contribution in [2.75, 3.05) is 11.1 Å². The molecule has 1 amide bonds. The summed E-state index contributed by atoms with van der Waals surface area (Å²) in [7, 11) is -1.67. The normalized spacial score (nSPS) is 11.2. The molecule has 2 aliphatic heterocycles. The summed E-state index contributed by atoms with van der Waals surface area (Å²) in [6, 6.07) is 10.7. The predicted molar refractivity (Wildman–Crippen MR) is 144 cm³/mol.